The number of carbonyl (C=O) groups is 3. The summed E-state index contributed by atoms with van der Waals surface area (Å²) in [5.74, 6) is -1.57. The molecular formula is C32H55NO5. The van der Waals surface area contributed by atoms with Crippen molar-refractivity contribution in [3.63, 3.8) is 0 Å². The second-order valence-corrected chi connectivity index (χ2v) is 11.6. The molecule has 1 aliphatic heterocycles. The summed E-state index contributed by atoms with van der Waals surface area (Å²) in [6, 6.07) is 0. The third kappa shape index (κ3) is 15.3. The molecule has 6 heteroatoms. The summed E-state index contributed by atoms with van der Waals surface area (Å²) in [4.78, 5) is 38.9. The molecule has 0 bridgehead atoms. The third-order valence-electron chi connectivity index (χ3n) is 6.85. The van der Waals surface area contributed by atoms with E-state index >= 15 is 0 Å². The molecule has 1 fully saturated rings. The van der Waals surface area contributed by atoms with Gasteiger partial charge in [0, 0.05) is 19.0 Å². The van der Waals surface area contributed by atoms with Crippen LogP contribution < -0.4 is 0 Å². The van der Waals surface area contributed by atoms with E-state index < -0.39 is 23.5 Å². The number of likely N-dealkylation sites (tertiary alicyclic amines) is 1. The lowest BCUT2D eigenvalue weighted by molar-refractivity contribution is -0.156. The molecule has 0 radical (unpaired) electrons. The minimum Gasteiger partial charge on any atom is -0.462 e. The van der Waals surface area contributed by atoms with E-state index in [4.69, 9.17) is 9.47 Å². The summed E-state index contributed by atoms with van der Waals surface area (Å²) in [5, 5.41) is 0. The van der Waals surface area contributed by atoms with Gasteiger partial charge in [0.1, 0.15) is 18.0 Å². The fourth-order valence-electron chi connectivity index (χ4n) is 4.63. The van der Waals surface area contributed by atoms with Crippen LogP contribution in [0.1, 0.15) is 125 Å². The molecule has 0 N–H and O–H groups in total. The third-order valence-corrected chi connectivity index (χ3v) is 6.85. The van der Waals surface area contributed by atoms with Gasteiger partial charge in [0.15, 0.2) is 0 Å². The molecule has 0 aromatic rings. The number of amides is 1. The van der Waals surface area contributed by atoms with Crippen LogP contribution in [0.2, 0.25) is 0 Å². The van der Waals surface area contributed by atoms with Crippen molar-refractivity contribution in [2.75, 3.05) is 13.1 Å². The monoisotopic (exact) mass is 533 g/mol. The fourth-order valence-corrected chi connectivity index (χ4v) is 4.63. The van der Waals surface area contributed by atoms with Gasteiger partial charge in [0.05, 0.1) is 5.92 Å². The highest BCUT2D eigenvalue weighted by Crippen LogP contribution is 2.27. The number of hydrogen-bond acceptors (Lipinski definition) is 5. The van der Waals surface area contributed by atoms with E-state index in [-0.39, 0.29) is 25.2 Å². The summed E-state index contributed by atoms with van der Waals surface area (Å²) in [5.41, 5.74) is -0.633. The molecule has 1 heterocycles. The molecule has 0 aromatic heterocycles. The summed E-state index contributed by atoms with van der Waals surface area (Å²) in [6.45, 7) is 10.2. The van der Waals surface area contributed by atoms with Gasteiger partial charge in [-0.2, -0.15) is 0 Å². The van der Waals surface area contributed by atoms with E-state index in [9.17, 15) is 14.4 Å². The van der Waals surface area contributed by atoms with Crippen molar-refractivity contribution >= 4 is 18.3 Å². The number of rotatable bonds is 19. The van der Waals surface area contributed by atoms with Crippen molar-refractivity contribution in [3.05, 3.63) is 24.3 Å². The highest BCUT2D eigenvalue weighted by molar-refractivity contribution is 5.80. The van der Waals surface area contributed by atoms with Gasteiger partial charge < -0.3 is 19.2 Å². The molecular weight excluding hydrogens is 478 g/mol. The number of aldehydes is 1. The molecule has 1 amide bonds. The molecule has 0 aromatic carbocycles. The molecule has 0 spiro atoms. The van der Waals surface area contributed by atoms with Gasteiger partial charge in [-0.25, -0.2) is 4.79 Å². The van der Waals surface area contributed by atoms with E-state index in [1.165, 1.54) is 43.4 Å². The van der Waals surface area contributed by atoms with E-state index in [1.54, 1.807) is 20.8 Å². The minimum atomic E-state index is -0.639. The Morgan fingerprint density at radius 1 is 0.816 bits per heavy atom. The smallest absolute Gasteiger partial charge is 0.410 e. The van der Waals surface area contributed by atoms with Crippen LogP contribution in [0.3, 0.4) is 0 Å². The Balaban J connectivity index is 2.65. The second-order valence-electron chi connectivity index (χ2n) is 11.6. The highest BCUT2D eigenvalue weighted by atomic mass is 16.6. The molecule has 6 nitrogen and oxygen atoms in total. The van der Waals surface area contributed by atoms with Crippen LogP contribution in [-0.2, 0) is 19.1 Å². The first kappa shape index (κ1) is 33.9. The van der Waals surface area contributed by atoms with Gasteiger partial charge in [-0.3, -0.25) is 4.79 Å². The molecule has 1 aliphatic rings. The predicted octanol–water partition coefficient (Wildman–Crippen LogP) is 8.19. The standard InChI is InChI=1S/C32H55NO5/c1-6-8-10-12-14-16-18-20-22-28(23-21-19-17-15-13-11-9-7-2)37-30(35)29-25-33(24-27(29)26-34)31(36)38-32(3,4)5/h14-17,26-29H,6-13,18-25H2,1-5H3/b16-14-,17-15-. The van der Waals surface area contributed by atoms with E-state index in [0.717, 1.165) is 57.7 Å². The van der Waals surface area contributed by atoms with Crippen molar-refractivity contribution in [2.45, 2.75) is 136 Å². The maximum absolute atomic E-state index is 13.2. The van der Waals surface area contributed by atoms with Gasteiger partial charge >= 0.3 is 12.1 Å². The number of unbranched alkanes of at least 4 members (excludes halogenated alkanes) is 8. The SMILES string of the molecule is CCCCC/C=C\CCCC(CCC/C=C\CCCCC)OC(=O)C1CN(C(=O)OC(C)(C)C)CC1C=O. The lowest BCUT2D eigenvalue weighted by Crippen LogP contribution is -2.36. The zero-order valence-electron chi connectivity index (χ0n) is 24.9. The Morgan fingerprint density at radius 3 is 1.76 bits per heavy atom. The molecule has 1 rings (SSSR count). The fraction of sp³-hybridized carbons (Fsp3) is 0.781. The first-order valence-electron chi connectivity index (χ1n) is 15.2. The molecule has 1 saturated heterocycles. The first-order chi connectivity index (χ1) is 18.2. The van der Waals surface area contributed by atoms with E-state index in [0.29, 0.717) is 0 Å². The van der Waals surface area contributed by atoms with Gasteiger partial charge in [-0.15, -0.1) is 0 Å². The Labute approximate surface area is 232 Å². The van der Waals surface area contributed by atoms with E-state index in [2.05, 4.69) is 38.2 Å². The number of ether oxygens (including phenoxy) is 2. The zero-order chi connectivity index (χ0) is 28.2. The number of carbonyl (C=O) groups excluding carboxylic acids is 3. The Bertz CT molecular complexity index is 698. The number of hydrogen-bond donors (Lipinski definition) is 0. The van der Waals surface area contributed by atoms with Crippen LogP contribution in [0.4, 0.5) is 4.79 Å². The number of esters is 1. The van der Waals surface area contributed by atoms with Crippen molar-refractivity contribution < 1.29 is 23.9 Å². The maximum Gasteiger partial charge on any atom is 0.410 e. The van der Waals surface area contributed by atoms with Crippen LogP contribution in [-0.4, -0.2) is 48.0 Å². The molecule has 38 heavy (non-hydrogen) atoms. The number of nitrogens with zero attached hydrogens (tertiary/aromatic N) is 1. The quantitative estimate of drug-likeness (QED) is 0.0724. The summed E-state index contributed by atoms with van der Waals surface area (Å²) < 4.78 is 11.4. The van der Waals surface area contributed by atoms with Crippen LogP contribution >= 0.6 is 0 Å². The van der Waals surface area contributed by atoms with Crippen molar-refractivity contribution in [2.24, 2.45) is 11.8 Å². The largest absolute Gasteiger partial charge is 0.462 e. The lowest BCUT2D eigenvalue weighted by atomic mass is 9.97. The topological polar surface area (TPSA) is 72.9 Å². The zero-order valence-corrected chi connectivity index (χ0v) is 24.9. The van der Waals surface area contributed by atoms with Crippen LogP contribution in [0.15, 0.2) is 24.3 Å². The molecule has 2 unspecified atom stereocenters. The molecule has 2 atom stereocenters. The van der Waals surface area contributed by atoms with Crippen LogP contribution in [0.25, 0.3) is 0 Å². The maximum atomic E-state index is 13.2. The Hall–Kier alpha value is -2.11. The van der Waals surface area contributed by atoms with E-state index in [1.807, 2.05) is 0 Å². The van der Waals surface area contributed by atoms with Crippen molar-refractivity contribution in [3.8, 4) is 0 Å². The highest BCUT2D eigenvalue weighted by Gasteiger charge is 2.42. The predicted molar refractivity (Wildman–Crippen MR) is 155 cm³/mol. The lowest BCUT2D eigenvalue weighted by Gasteiger charge is -2.24. The number of allylic oxidation sites excluding steroid dienone is 4. The van der Waals surface area contributed by atoms with Gasteiger partial charge in [-0.05, 0) is 85.0 Å². The van der Waals surface area contributed by atoms with Gasteiger partial charge in [-0.1, -0.05) is 63.8 Å². The van der Waals surface area contributed by atoms with Crippen LogP contribution in [0.5, 0.6) is 0 Å². The molecule has 218 valence electrons. The summed E-state index contributed by atoms with van der Waals surface area (Å²) in [6.07, 6.45) is 24.3. The van der Waals surface area contributed by atoms with Gasteiger partial charge in [0.2, 0.25) is 0 Å². The molecule has 0 aliphatic carbocycles. The van der Waals surface area contributed by atoms with Crippen molar-refractivity contribution in [1.82, 2.24) is 4.90 Å². The Morgan fingerprint density at radius 2 is 1.32 bits per heavy atom. The van der Waals surface area contributed by atoms with Crippen LogP contribution in [0, 0.1) is 11.8 Å². The normalized spacial score (nSPS) is 18.1. The Kier molecular flexibility index (Phi) is 17.7. The summed E-state index contributed by atoms with van der Waals surface area (Å²) >= 11 is 0. The average molecular weight is 534 g/mol. The van der Waals surface area contributed by atoms with Crippen molar-refractivity contribution in [1.29, 1.82) is 0 Å². The first-order valence-corrected chi connectivity index (χ1v) is 15.2. The molecule has 0 saturated carbocycles. The summed E-state index contributed by atoms with van der Waals surface area (Å²) in [7, 11) is 0. The average Bonchev–Trinajstić information content (AvgIpc) is 3.31. The van der Waals surface area contributed by atoms with Gasteiger partial charge in [0.25, 0.3) is 0 Å². The minimum absolute atomic E-state index is 0.158. The second kappa shape index (κ2) is 19.9.